The van der Waals surface area contributed by atoms with Gasteiger partial charge in [0.25, 0.3) is 5.56 Å². The van der Waals surface area contributed by atoms with Crippen molar-refractivity contribution in [1.29, 1.82) is 0 Å². The van der Waals surface area contributed by atoms with Gasteiger partial charge in [-0.3, -0.25) is 9.36 Å². The van der Waals surface area contributed by atoms with Crippen molar-refractivity contribution in [2.24, 2.45) is 0 Å². The summed E-state index contributed by atoms with van der Waals surface area (Å²) in [6.45, 7) is 0.196. The minimum Gasteiger partial charge on any atom is -0.454 e. The first kappa shape index (κ1) is 18.1. The molecule has 1 aromatic heterocycles. The predicted octanol–water partition coefficient (Wildman–Crippen LogP) is 5.06. The maximum atomic E-state index is 13.2. The summed E-state index contributed by atoms with van der Waals surface area (Å²) >= 11 is 7.87. The van der Waals surface area contributed by atoms with Crippen LogP contribution in [-0.2, 0) is 5.75 Å². The number of thioether (sulfide) groups is 1. The van der Waals surface area contributed by atoms with Gasteiger partial charge in [0, 0.05) is 16.8 Å². The third-order valence-corrected chi connectivity index (χ3v) is 6.00. The molecule has 4 aromatic rings. The molecule has 0 N–H and O–H groups in total. The fraction of sp³-hybridized carbons (Fsp3) is 0.0909. The molecule has 2 heterocycles. The highest BCUT2D eigenvalue weighted by molar-refractivity contribution is 7.98. The molecule has 0 spiro atoms. The largest absolute Gasteiger partial charge is 0.454 e. The number of benzene rings is 3. The van der Waals surface area contributed by atoms with Gasteiger partial charge < -0.3 is 9.47 Å². The van der Waals surface area contributed by atoms with Gasteiger partial charge in [-0.05, 0) is 35.9 Å². The van der Waals surface area contributed by atoms with Gasteiger partial charge in [-0.2, -0.15) is 0 Å². The second kappa shape index (κ2) is 7.46. The molecular formula is C22H15ClN2O3S. The van der Waals surface area contributed by atoms with E-state index >= 15 is 0 Å². The van der Waals surface area contributed by atoms with Crippen LogP contribution < -0.4 is 15.0 Å². The van der Waals surface area contributed by atoms with Crippen molar-refractivity contribution in [3.05, 3.63) is 87.7 Å². The molecule has 1 aliphatic rings. The topological polar surface area (TPSA) is 53.4 Å². The molecule has 29 heavy (non-hydrogen) atoms. The number of hydrogen-bond donors (Lipinski definition) is 0. The number of para-hydroxylation sites is 2. The quantitative estimate of drug-likeness (QED) is 0.340. The molecule has 0 bridgehead atoms. The highest BCUT2D eigenvalue weighted by atomic mass is 35.5. The van der Waals surface area contributed by atoms with Gasteiger partial charge >= 0.3 is 0 Å². The molecule has 0 radical (unpaired) electrons. The van der Waals surface area contributed by atoms with E-state index in [0.29, 0.717) is 38.3 Å². The first-order chi connectivity index (χ1) is 14.2. The van der Waals surface area contributed by atoms with Gasteiger partial charge in [-0.1, -0.05) is 53.7 Å². The SMILES string of the molecule is O=c1c2ccccc2nc(SCc2cc3c(cc2Cl)OCO3)n1-c1ccccc1. The lowest BCUT2D eigenvalue weighted by atomic mass is 10.2. The average molecular weight is 423 g/mol. The molecule has 0 unspecified atom stereocenters. The van der Waals surface area contributed by atoms with E-state index in [4.69, 9.17) is 26.1 Å². The van der Waals surface area contributed by atoms with Crippen molar-refractivity contribution < 1.29 is 9.47 Å². The van der Waals surface area contributed by atoms with Crippen LogP contribution in [-0.4, -0.2) is 16.3 Å². The molecule has 0 fully saturated rings. The van der Waals surface area contributed by atoms with Crippen LogP contribution in [0.15, 0.2) is 76.7 Å². The number of halogens is 1. The van der Waals surface area contributed by atoms with Gasteiger partial charge in [0.05, 0.1) is 16.6 Å². The Kier molecular flexibility index (Phi) is 4.66. The molecule has 5 rings (SSSR count). The highest BCUT2D eigenvalue weighted by Gasteiger charge is 2.18. The van der Waals surface area contributed by atoms with Crippen molar-refractivity contribution in [3.63, 3.8) is 0 Å². The number of nitrogens with zero attached hydrogens (tertiary/aromatic N) is 2. The van der Waals surface area contributed by atoms with Crippen molar-refractivity contribution in [2.75, 3.05) is 6.79 Å². The monoisotopic (exact) mass is 422 g/mol. The van der Waals surface area contributed by atoms with Gasteiger partial charge in [-0.25, -0.2) is 4.98 Å². The van der Waals surface area contributed by atoms with Gasteiger partial charge in [0.15, 0.2) is 16.7 Å². The maximum absolute atomic E-state index is 13.2. The van der Waals surface area contributed by atoms with Crippen LogP contribution in [0.5, 0.6) is 11.5 Å². The lowest BCUT2D eigenvalue weighted by molar-refractivity contribution is 0.174. The van der Waals surface area contributed by atoms with Crippen molar-refractivity contribution >= 4 is 34.3 Å². The van der Waals surface area contributed by atoms with Crippen LogP contribution in [0.4, 0.5) is 0 Å². The van der Waals surface area contributed by atoms with Crippen LogP contribution in [0.1, 0.15) is 5.56 Å². The van der Waals surface area contributed by atoms with Crippen molar-refractivity contribution in [2.45, 2.75) is 10.9 Å². The molecule has 144 valence electrons. The summed E-state index contributed by atoms with van der Waals surface area (Å²) in [5.74, 6) is 1.86. The number of rotatable bonds is 4. The zero-order valence-corrected chi connectivity index (χ0v) is 16.7. The van der Waals surface area contributed by atoms with E-state index < -0.39 is 0 Å². The smallest absolute Gasteiger partial charge is 0.266 e. The molecule has 0 amide bonds. The van der Waals surface area contributed by atoms with Crippen LogP contribution in [0.3, 0.4) is 0 Å². The summed E-state index contributed by atoms with van der Waals surface area (Å²) in [6.07, 6.45) is 0. The Morgan fingerprint density at radius 3 is 2.55 bits per heavy atom. The second-order valence-electron chi connectivity index (χ2n) is 6.47. The number of ether oxygens (including phenoxy) is 2. The van der Waals surface area contributed by atoms with E-state index in [1.165, 1.54) is 11.8 Å². The minimum absolute atomic E-state index is 0.0962. The molecule has 1 aliphatic heterocycles. The summed E-state index contributed by atoms with van der Waals surface area (Å²) in [7, 11) is 0. The average Bonchev–Trinajstić information content (AvgIpc) is 3.20. The first-order valence-corrected chi connectivity index (χ1v) is 10.3. The summed E-state index contributed by atoms with van der Waals surface area (Å²) in [6, 6.07) is 20.5. The van der Waals surface area contributed by atoms with Gasteiger partial charge in [0.1, 0.15) is 0 Å². The zero-order chi connectivity index (χ0) is 19.8. The van der Waals surface area contributed by atoms with Crippen LogP contribution in [0.25, 0.3) is 16.6 Å². The van der Waals surface area contributed by atoms with E-state index in [-0.39, 0.29) is 12.4 Å². The number of fused-ring (bicyclic) bond motifs is 2. The second-order valence-corrected chi connectivity index (χ2v) is 7.82. The van der Waals surface area contributed by atoms with E-state index in [9.17, 15) is 4.79 Å². The molecule has 7 heteroatoms. The van der Waals surface area contributed by atoms with Crippen molar-refractivity contribution in [1.82, 2.24) is 9.55 Å². The Morgan fingerprint density at radius 2 is 1.72 bits per heavy atom. The molecule has 0 saturated heterocycles. The van der Waals surface area contributed by atoms with Crippen LogP contribution in [0.2, 0.25) is 5.02 Å². The molecule has 5 nitrogen and oxygen atoms in total. The maximum Gasteiger partial charge on any atom is 0.266 e. The highest BCUT2D eigenvalue weighted by Crippen LogP contribution is 2.38. The standard InChI is InChI=1S/C22H15ClN2O3S/c23-17-11-20-19(27-13-28-20)10-14(17)12-29-22-24-18-9-5-4-8-16(18)21(26)25(22)15-6-2-1-3-7-15/h1-11H,12-13H2. The summed E-state index contributed by atoms with van der Waals surface area (Å²) in [4.78, 5) is 18.0. The third kappa shape index (κ3) is 3.34. The normalized spacial score (nSPS) is 12.4. The fourth-order valence-corrected chi connectivity index (χ4v) is 4.53. The lowest BCUT2D eigenvalue weighted by Gasteiger charge is -2.13. The predicted molar refractivity (Wildman–Crippen MR) is 114 cm³/mol. The molecule has 0 atom stereocenters. The van der Waals surface area contributed by atoms with Gasteiger partial charge in [-0.15, -0.1) is 0 Å². The molecule has 0 aliphatic carbocycles. The third-order valence-electron chi connectivity index (χ3n) is 4.66. The Hall–Kier alpha value is -2.96. The molecule has 3 aromatic carbocycles. The fourth-order valence-electron chi connectivity index (χ4n) is 3.23. The number of aromatic nitrogens is 2. The molecular weight excluding hydrogens is 408 g/mol. The van der Waals surface area contributed by atoms with E-state index in [0.717, 1.165) is 11.3 Å². The van der Waals surface area contributed by atoms with E-state index in [2.05, 4.69) is 0 Å². The van der Waals surface area contributed by atoms with Crippen LogP contribution in [0, 0.1) is 0 Å². The van der Waals surface area contributed by atoms with E-state index in [1.54, 1.807) is 16.7 Å². The molecule has 0 saturated carbocycles. The zero-order valence-electron chi connectivity index (χ0n) is 15.2. The van der Waals surface area contributed by atoms with Crippen molar-refractivity contribution in [3.8, 4) is 17.2 Å². The van der Waals surface area contributed by atoms with Crippen LogP contribution >= 0.6 is 23.4 Å². The summed E-state index contributed by atoms with van der Waals surface area (Å²) in [5, 5.41) is 1.78. The summed E-state index contributed by atoms with van der Waals surface area (Å²) in [5.41, 5.74) is 2.24. The Labute approximate surface area is 175 Å². The van der Waals surface area contributed by atoms with Gasteiger partial charge in [0.2, 0.25) is 6.79 Å². The first-order valence-electron chi connectivity index (χ1n) is 8.99. The van der Waals surface area contributed by atoms with E-state index in [1.807, 2.05) is 54.6 Å². The Bertz CT molecular complexity index is 1270. The lowest BCUT2D eigenvalue weighted by Crippen LogP contribution is -2.21. The Balaban J connectivity index is 1.59. The minimum atomic E-state index is -0.0962. The Morgan fingerprint density at radius 1 is 1.00 bits per heavy atom. The number of hydrogen-bond acceptors (Lipinski definition) is 5. The summed E-state index contributed by atoms with van der Waals surface area (Å²) < 4.78 is 12.5.